The zero-order chi connectivity index (χ0) is 14.7. The van der Waals surface area contributed by atoms with Gasteiger partial charge in [0.2, 0.25) is 0 Å². The molecule has 2 atom stereocenters. The Morgan fingerprint density at radius 1 is 0.889 bits per heavy atom. The quantitative estimate of drug-likeness (QED) is 0.495. The van der Waals surface area contributed by atoms with E-state index in [4.69, 9.17) is 11.5 Å². The summed E-state index contributed by atoms with van der Waals surface area (Å²) in [6.45, 7) is 11.5. The van der Waals surface area contributed by atoms with Crippen LogP contribution in [0, 0.1) is 11.8 Å². The van der Waals surface area contributed by atoms with Gasteiger partial charge in [0.15, 0.2) is 0 Å². The maximum absolute atomic E-state index is 9.47. The Morgan fingerprint density at radius 2 is 1.17 bits per heavy atom. The van der Waals surface area contributed by atoms with Gasteiger partial charge in [0.1, 0.15) is 0 Å². The highest BCUT2D eigenvalue weighted by Crippen LogP contribution is 2.31. The molecule has 0 saturated carbocycles. The molecule has 5 nitrogen and oxygen atoms in total. The van der Waals surface area contributed by atoms with E-state index in [0.29, 0.717) is 0 Å². The van der Waals surface area contributed by atoms with Crippen molar-refractivity contribution in [2.24, 2.45) is 23.3 Å². The van der Waals surface area contributed by atoms with E-state index in [1.165, 1.54) is 0 Å². The molecular weight excluding hydrogens is 230 g/mol. The normalized spacial score (nSPS) is 19.7. The molecule has 5 heteroatoms. The van der Waals surface area contributed by atoms with Crippen LogP contribution in [-0.4, -0.2) is 45.7 Å². The lowest BCUT2D eigenvalue weighted by atomic mass is 9.87. The van der Waals surface area contributed by atoms with Crippen LogP contribution in [0.4, 0.5) is 0 Å². The third kappa shape index (κ3) is 3.42. The van der Waals surface area contributed by atoms with Crippen LogP contribution < -0.4 is 11.5 Å². The molecule has 0 bridgehead atoms. The van der Waals surface area contributed by atoms with Gasteiger partial charge < -0.3 is 21.7 Å². The molecule has 0 aliphatic rings. The van der Waals surface area contributed by atoms with Crippen molar-refractivity contribution < 1.29 is 10.2 Å². The second-order valence-corrected chi connectivity index (χ2v) is 6.15. The van der Waals surface area contributed by atoms with Crippen LogP contribution in [0.2, 0.25) is 0 Å². The van der Waals surface area contributed by atoms with Gasteiger partial charge in [0, 0.05) is 0 Å². The molecule has 110 valence electrons. The third-order valence-corrected chi connectivity index (χ3v) is 4.16. The van der Waals surface area contributed by atoms with Crippen LogP contribution >= 0.6 is 0 Å². The minimum absolute atomic E-state index is 0.139. The van der Waals surface area contributed by atoms with Crippen LogP contribution in [0.5, 0.6) is 0 Å². The molecule has 0 spiro atoms. The lowest BCUT2D eigenvalue weighted by Gasteiger charge is -2.54. The molecule has 0 saturated heterocycles. The zero-order valence-corrected chi connectivity index (χ0v) is 12.6. The Bertz CT molecular complexity index is 229. The van der Waals surface area contributed by atoms with Crippen molar-refractivity contribution >= 4 is 0 Å². The van der Waals surface area contributed by atoms with Crippen LogP contribution in [0.25, 0.3) is 0 Å². The lowest BCUT2D eigenvalue weighted by molar-refractivity contribution is -0.105. The average Bonchev–Trinajstić information content (AvgIpc) is 2.24. The van der Waals surface area contributed by atoms with Crippen molar-refractivity contribution in [2.75, 3.05) is 13.2 Å². The van der Waals surface area contributed by atoms with Gasteiger partial charge in [-0.3, -0.25) is 4.90 Å². The minimum Gasteiger partial charge on any atom is -0.395 e. The Hall–Kier alpha value is -0.200. The first-order chi connectivity index (χ1) is 8.03. The molecule has 6 N–H and O–H groups in total. The highest BCUT2D eigenvalue weighted by molar-refractivity contribution is 4.97. The summed E-state index contributed by atoms with van der Waals surface area (Å²) >= 11 is 0. The van der Waals surface area contributed by atoms with Gasteiger partial charge in [-0.1, -0.05) is 27.7 Å². The molecule has 2 unspecified atom stereocenters. The van der Waals surface area contributed by atoms with E-state index in [1.54, 1.807) is 0 Å². The van der Waals surface area contributed by atoms with Crippen LogP contribution in [0.15, 0.2) is 0 Å². The second kappa shape index (κ2) is 6.30. The summed E-state index contributed by atoms with van der Waals surface area (Å²) in [5.41, 5.74) is 11.4. The number of nitrogens with two attached hydrogens (primary N) is 2. The van der Waals surface area contributed by atoms with Gasteiger partial charge in [-0.15, -0.1) is 0 Å². The molecule has 0 aromatic carbocycles. The summed E-state index contributed by atoms with van der Waals surface area (Å²) in [4.78, 5) is 1.86. The molecule has 0 fully saturated rings. The Morgan fingerprint density at radius 3 is 1.33 bits per heavy atom. The third-order valence-electron chi connectivity index (χ3n) is 4.16. The van der Waals surface area contributed by atoms with Crippen molar-refractivity contribution in [3.63, 3.8) is 0 Å². The van der Waals surface area contributed by atoms with Crippen molar-refractivity contribution in [1.82, 2.24) is 4.90 Å². The molecule has 0 aromatic heterocycles. The van der Waals surface area contributed by atoms with E-state index in [0.717, 1.165) is 0 Å². The standard InChI is InChI=1S/C13H31N3O2/c1-9(2)12(5,14)16(11(7-17)8-18)13(6,15)10(3)4/h9-11,17-18H,7-8,14-15H2,1-6H3. The summed E-state index contributed by atoms with van der Waals surface area (Å²) < 4.78 is 0. The van der Waals surface area contributed by atoms with Crippen molar-refractivity contribution in [3.8, 4) is 0 Å². The molecule has 0 aliphatic heterocycles. The largest absolute Gasteiger partial charge is 0.395 e. The fourth-order valence-electron chi connectivity index (χ4n) is 2.08. The monoisotopic (exact) mass is 261 g/mol. The number of hydrogen-bond acceptors (Lipinski definition) is 5. The van der Waals surface area contributed by atoms with Crippen LogP contribution in [-0.2, 0) is 0 Å². The van der Waals surface area contributed by atoms with Gasteiger partial charge >= 0.3 is 0 Å². The Balaban J connectivity index is 5.58. The second-order valence-electron chi connectivity index (χ2n) is 6.15. The SMILES string of the molecule is CC(C)C(C)(N)N(C(CO)CO)C(C)(N)C(C)C. The van der Waals surface area contributed by atoms with Crippen molar-refractivity contribution in [3.05, 3.63) is 0 Å². The topological polar surface area (TPSA) is 95.7 Å². The molecule has 0 radical (unpaired) electrons. The fourth-order valence-corrected chi connectivity index (χ4v) is 2.08. The molecule has 0 heterocycles. The fraction of sp³-hybridized carbons (Fsp3) is 1.00. The van der Waals surface area contributed by atoms with E-state index in [9.17, 15) is 10.2 Å². The number of nitrogens with zero attached hydrogens (tertiary/aromatic N) is 1. The highest BCUT2D eigenvalue weighted by atomic mass is 16.3. The van der Waals surface area contributed by atoms with E-state index >= 15 is 0 Å². The summed E-state index contributed by atoms with van der Waals surface area (Å²) in [6, 6.07) is -0.459. The average molecular weight is 261 g/mol. The Kier molecular flexibility index (Phi) is 6.23. The summed E-state index contributed by atoms with van der Waals surface area (Å²) in [7, 11) is 0. The first kappa shape index (κ1) is 17.8. The Labute approximate surface area is 111 Å². The summed E-state index contributed by atoms with van der Waals surface area (Å²) in [5.74, 6) is 0.277. The van der Waals surface area contributed by atoms with Crippen molar-refractivity contribution in [1.29, 1.82) is 0 Å². The van der Waals surface area contributed by atoms with Gasteiger partial charge in [-0.05, 0) is 25.7 Å². The molecule has 18 heavy (non-hydrogen) atoms. The molecule has 0 rings (SSSR count). The predicted octanol–water partition coefficient (Wildman–Crippen LogP) is 0.303. The van der Waals surface area contributed by atoms with E-state index in [2.05, 4.69) is 0 Å². The van der Waals surface area contributed by atoms with E-state index in [-0.39, 0.29) is 25.0 Å². The maximum Gasteiger partial charge on any atom is 0.0701 e. The van der Waals surface area contributed by atoms with E-state index < -0.39 is 17.4 Å². The first-order valence-corrected chi connectivity index (χ1v) is 6.62. The highest BCUT2D eigenvalue weighted by Gasteiger charge is 2.45. The molecule has 0 amide bonds. The molecule has 0 aromatic rings. The van der Waals surface area contributed by atoms with Crippen LogP contribution in [0.3, 0.4) is 0 Å². The zero-order valence-electron chi connectivity index (χ0n) is 12.6. The van der Waals surface area contributed by atoms with Gasteiger partial charge in [-0.25, -0.2) is 0 Å². The van der Waals surface area contributed by atoms with Gasteiger partial charge in [-0.2, -0.15) is 0 Å². The molecular formula is C13H31N3O2. The first-order valence-electron chi connectivity index (χ1n) is 6.62. The maximum atomic E-state index is 9.47. The van der Waals surface area contributed by atoms with Crippen molar-refractivity contribution in [2.45, 2.75) is 58.9 Å². The number of hydrogen-bond donors (Lipinski definition) is 4. The summed E-state index contributed by atoms with van der Waals surface area (Å²) in [6.07, 6.45) is 0. The number of rotatable bonds is 7. The van der Waals surface area contributed by atoms with Gasteiger partial charge in [0.25, 0.3) is 0 Å². The number of aliphatic hydroxyl groups excluding tert-OH is 2. The summed E-state index contributed by atoms with van der Waals surface area (Å²) in [5, 5.41) is 18.9. The molecule has 0 aliphatic carbocycles. The lowest BCUT2D eigenvalue weighted by Crippen LogP contribution is -2.74. The predicted molar refractivity (Wildman–Crippen MR) is 74.7 cm³/mol. The van der Waals surface area contributed by atoms with E-state index in [1.807, 2.05) is 46.4 Å². The van der Waals surface area contributed by atoms with Crippen LogP contribution in [0.1, 0.15) is 41.5 Å². The smallest absolute Gasteiger partial charge is 0.0701 e. The number of aliphatic hydroxyl groups is 2. The van der Waals surface area contributed by atoms with Gasteiger partial charge in [0.05, 0.1) is 30.6 Å². The minimum atomic E-state index is -0.704.